The van der Waals surface area contributed by atoms with E-state index in [9.17, 15) is 14.4 Å². The van der Waals surface area contributed by atoms with Crippen LogP contribution >= 0.6 is 0 Å². The summed E-state index contributed by atoms with van der Waals surface area (Å²) in [5.41, 5.74) is 1.73. The average molecular weight is 418 g/mol. The number of urea groups is 1. The van der Waals surface area contributed by atoms with Crippen molar-refractivity contribution in [3.63, 3.8) is 0 Å². The number of anilines is 3. The molecular weight excluding hydrogens is 396 g/mol. The third-order valence-electron chi connectivity index (χ3n) is 4.97. The van der Waals surface area contributed by atoms with Crippen molar-refractivity contribution in [3.05, 3.63) is 78.8 Å². The molecule has 0 spiro atoms. The molecule has 158 valence electrons. The van der Waals surface area contributed by atoms with Crippen LogP contribution in [0.3, 0.4) is 0 Å². The maximum absolute atomic E-state index is 12.8. The maximum Gasteiger partial charge on any atom is 0.323 e. The molecular formula is C23H22N4O4. The standard InChI is InChI=1S/C23H22N4O4/c28-21(19-11-5-13-27(19)22(29)20-12-6-14-31-20)24-17-9-4-10-18(15-17)26-23(30)25-16-7-2-1-3-8-16/h1-4,6-10,12,14-15,19H,5,11,13H2,(H,24,28)(H2,25,26,30). The fourth-order valence-electron chi connectivity index (χ4n) is 3.54. The zero-order chi connectivity index (χ0) is 21.6. The molecule has 1 fully saturated rings. The minimum Gasteiger partial charge on any atom is -0.459 e. The van der Waals surface area contributed by atoms with Crippen molar-refractivity contribution in [1.29, 1.82) is 0 Å². The van der Waals surface area contributed by atoms with Gasteiger partial charge in [0.05, 0.1) is 6.26 Å². The van der Waals surface area contributed by atoms with Crippen LogP contribution in [-0.2, 0) is 4.79 Å². The van der Waals surface area contributed by atoms with Crippen molar-refractivity contribution in [2.45, 2.75) is 18.9 Å². The molecule has 31 heavy (non-hydrogen) atoms. The lowest BCUT2D eigenvalue weighted by Gasteiger charge is -2.23. The second kappa shape index (κ2) is 9.17. The summed E-state index contributed by atoms with van der Waals surface area (Å²) in [5, 5.41) is 8.32. The van der Waals surface area contributed by atoms with Gasteiger partial charge in [0.1, 0.15) is 6.04 Å². The molecule has 1 unspecified atom stereocenters. The van der Waals surface area contributed by atoms with Crippen molar-refractivity contribution in [2.24, 2.45) is 0 Å². The maximum atomic E-state index is 12.8. The largest absolute Gasteiger partial charge is 0.459 e. The molecule has 4 rings (SSSR count). The Morgan fingerprint density at radius 2 is 1.55 bits per heavy atom. The number of rotatable bonds is 5. The molecule has 3 N–H and O–H groups in total. The Morgan fingerprint density at radius 1 is 0.839 bits per heavy atom. The molecule has 8 nitrogen and oxygen atoms in total. The van der Waals surface area contributed by atoms with Crippen LogP contribution in [0.2, 0.25) is 0 Å². The van der Waals surface area contributed by atoms with E-state index < -0.39 is 6.04 Å². The summed E-state index contributed by atoms with van der Waals surface area (Å²) in [7, 11) is 0. The molecule has 0 radical (unpaired) electrons. The smallest absolute Gasteiger partial charge is 0.323 e. The third-order valence-corrected chi connectivity index (χ3v) is 4.97. The van der Waals surface area contributed by atoms with Crippen molar-refractivity contribution in [3.8, 4) is 0 Å². The van der Waals surface area contributed by atoms with Crippen molar-refractivity contribution < 1.29 is 18.8 Å². The van der Waals surface area contributed by atoms with E-state index in [0.29, 0.717) is 30.0 Å². The second-order valence-electron chi connectivity index (χ2n) is 7.15. The van der Waals surface area contributed by atoms with Crippen LogP contribution in [0, 0.1) is 0 Å². The number of carbonyl (C=O) groups is 3. The molecule has 0 bridgehead atoms. The Balaban J connectivity index is 1.38. The number of nitrogens with one attached hydrogen (secondary N) is 3. The predicted molar refractivity (Wildman–Crippen MR) is 117 cm³/mol. The van der Waals surface area contributed by atoms with Gasteiger partial charge in [0.2, 0.25) is 5.91 Å². The van der Waals surface area contributed by atoms with E-state index in [1.165, 1.54) is 11.2 Å². The number of likely N-dealkylation sites (tertiary alicyclic amines) is 1. The van der Waals surface area contributed by atoms with Crippen LogP contribution in [0.15, 0.2) is 77.4 Å². The Labute approximate surface area is 179 Å². The van der Waals surface area contributed by atoms with Crippen molar-refractivity contribution >= 4 is 34.9 Å². The fourth-order valence-corrected chi connectivity index (χ4v) is 3.54. The van der Waals surface area contributed by atoms with E-state index in [0.717, 1.165) is 6.42 Å². The van der Waals surface area contributed by atoms with E-state index in [2.05, 4.69) is 16.0 Å². The van der Waals surface area contributed by atoms with Gasteiger partial charge < -0.3 is 25.3 Å². The zero-order valence-corrected chi connectivity index (χ0v) is 16.7. The van der Waals surface area contributed by atoms with Gasteiger partial charge >= 0.3 is 6.03 Å². The number of hydrogen-bond acceptors (Lipinski definition) is 4. The number of furan rings is 1. The number of para-hydroxylation sites is 1. The molecule has 0 aliphatic carbocycles. The van der Waals surface area contributed by atoms with Crippen LogP contribution in [0.4, 0.5) is 21.9 Å². The van der Waals surface area contributed by atoms with Gasteiger partial charge in [-0.1, -0.05) is 24.3 Å². The van der Waals surface area contributed by atoms with Crippen LogP contribution in [0.1, 0.15) is 23.4 Å². The van der Waals surface area contributed by atoms with E-state index in [1.54, 1.807) is 48.5 Å². The van der Waals surface area contributed by atoms with E-state index in [1.807, 2.05) is 18.2 Å². The van der Waals surface area contributed by atoms with Crippen LogP contribution in [-0.4, -0.2) is 35.3 Å². The second-order valence-corrected chi connectivity index (χ2v) is 7.15. The summed E-state index contributed by atoms with van der Waals surface area (Å²) >= 11 is 0. The molecule has 0 saturated carbocycles. The van der Waals surface area contributed by atoms with Gasteiger partial charge in [-0.3, -0.25) is 9.59 Å². The van der Waals surface area contributed by atoms with E-state index in [-0.39, 0.29) is 23.6 Å². The summed E-state index contributed by atoms with van der Waals surface area (Å²) in [6, 6.07) is 18.2. The summed E-state index contributed by atoms with van der Waals surface area (Å²) in [6.45, 7) is 0.499. The minimum absolute atomic E-state index is 0.218. The number of benzene rings is 2. The topological polar surface area (TPSA) is 104 Å². The first-order chi connectivity index (χ1) is 15.1. The monoisotopic (exact) mass is 418 g/mol. The van der Waals surface area contributed by atoms with Gasteiger partial charge in [-0.25, -0.2) is 4.79 Å². The van der Waals surface area contributed by atoms with Crippen LogP contribution in [0.5, 0.6) is 0 Å². The molecule has 8 heteroatoms. The van der Waals surface area contributed by atoms with Gasteiger partial charge in [0.25, 0.3) is 5.91 Å². The molecule has 4 amide bonds. The Bertz CT molecular complexity index is 1070. The van der Waals surface area contributed by atoms with E-state index >= 15 is 0 Å². The lowest BCUT2D eigenvalue weighted by atomic mass is 10.2. The van der Waals surface area contributed by atoms with Gasteiger partial charge in [-0.05, 0) is 55.3 Å². The molecule has 1 aliphatic heterocycles. The number of hydrogen-bond donors (Lipinski definition) is 3. The molecule has 1 atom stereocenters. The average Bonchev–Trinajstić information content (AvgIpc) is 3.46. The van der Waals surface area contributed by atoms with Crippen molar-refractivity contribution in [2.75, 3.05) is 22.5 Å². The SMILES string of the molecule is O=C(Nc1ccccc1)Nc1cccc(NC(=O)C2CCCN2C(=O)c2ccco2)c1. The molecule has 2 heterocycles. The first-order valence-corrected chi connectivity index (χ1v) is 9.98. The van der Waals surface area contributed by atoms with Crippen LogP contribution < -0.4 is 16.0 Å². The molecule has 3 aromatic rings. The van der Waals surface area contributed by atoms with Gasteiger partial charge in [-0.15, -0.1) is 0 Å². The number of amides is 4. The highest BCUT2D eigenvalue weighted by Gasteiger charge is 2.35. The first-order valence-electron chi connectivity index (χ1n) is 9.98. The van der Waals surface area contributed by atoms with E-state index in [4.69, 9.17) is 4.42 Å². The summed E-state index contributed by atoms with van der Waals surface area (Å²) < 4.78 is 5.18. The Morgan fingerprint density at radius 3 is 2.29 bits per heavy atom. The Kier molecular flexibility index (Phi) is 5.98. The molecule has 1 saturated heterocycles. The highest BCUT2D eigenvalue weighted by atomic mass is 16.3. The van der Waals surface area contributed by atoms with Gasteiger partial charge in [-0.2, -0.15) is 0 Å². The highest BCUT2D eigenvalue weighted by Crippen LogP contribution is 2.23. The third kappa shape index (κ3) is 4.92. The molecule has 2 aromatic carbocycles. The fraction of sp³-hybridized carbons (Fsp3) is 0.174. The first kappa shape index (κ1) is 20.2. The molecule has 1 aromatic heterocycles. The quantitative estimate of drug-likeness (QED) is 0.579. The number of carbonyl (C=O) groups excluding carboxylic acids is 3. The lowest BCUT2D eigenvalue weighted by Crippen LogP contribution is -2.43. The van der Waals surface area contributed by atoms with Gasteiger partial charge in [0, 0.05) is 23.6 Å². The van der Waals surface area contributed by atoms with Gasteiger partial charge in [0.15, 0.2) is 5.76 Å². The minimum atomic E-state index is -0.574. The lowest BCUT2D eigenvalue weighted by molar-refractivity contribution is -0.119. The molecule has 1 aliphatic rings. The summed E-state index contributed by atoms with van der Waals surface area (Å²) in [4.78, 5) is 39.2. The summed E-state index contributed by atoms with van der Waals surface area (Å²) in [6.07, 6.45) is 2.76. The number of nitrogens with zero attached hydrogens (tertiary/aromatic N) is 1. The van der Waals surface area contributed by atoms with Crippen molar-refractivity contribution in [1.82, 2.24) is 4.90 Å². The summed E-state index contributed by atoms with van der Waals surface area (Å²) in [5.74, 6) is -0.353. The Hall–Kier alpha value is -4.07. The highest BCUT2D eigenvalue weighted by molar-refractivity contribution is 6.02. The predicted octanol–water partition coefficient (Wildman–Crippen LogP) is 4.17. The van der Waals surface area contributed by atoms with Crippen LogP contribution in [0.25, 0.3) is 0 Å². The normalized spacial score (nSPS) is 15.4. The zero-order valence-electron chi connectivity index (χ0n) is 16.7.